The van der Waals surface area contributed by atoms with E-state index in [2.05, 4.69) is 31.2 Å². The van der Waals surface area contributed by atoms with E-state index in [0.29, 0.717) is 35.8 Å². The molecule has 4 N–H and O–H groups in total. The molecular weight excluding hydrogens is 541 g/mol. The molecular formula is C23H29Cl2N7O4S. The van der Waals surface area contributed by atoms with E-state index in [1.807, 2.05) is 0 Å². The third kappa shape index (κ3) is 7.16. The lowest BCUT2D eigenvalue weighted by molar-refractivity contribution is -0.137. The van der Waals surface area contributed by atoms with E-state index < -0.39 is 23.9 Å². The summed E-state index contributed by atoms with van der Waals surface area (Å²) in [6, 6.07) is 1.94. The van der Waals surface area contributed by atoms with Crippen molar-refractivity contribution in [2.24, 2.45) is 5.92 Å². The number of nitrogens with zero attached hydrogens (tertiary/aromatic N) is 3. The Hall–Kier alpha value is -2.80. The van der Waals surface area contributed by atoms with Crippen molar-refractivity contribution in [1.82, 2.24) is 30.8 Å². The molecule has 4 rings (SSSR count). The maximum atomic E-state index is 13.1. The predicted molar refractivity (Wildman–Crippen MR) is 142 cm³/mol. The zero-order valence-corrected chi connectivity index (χ0v) is 22.8. The number of fused-ring (bicyclic) bond motifs is 1. The number of carbonyl (C=O) groups is 4. The molecule has 3 atom stereocenters. The summed E-state index contributed by atoms with van der Waals surface area (Å²) in [5.74, 6) is -2.26. The molecule has 0 unspecified atom stereocenters. The minimum absolute atomic E-state index is 0. The van der Waals surface area contributed by atoms with Gasteiger partial charge in [0.15, 0.2) is 5.01 Å². The van der Waals surface area contributed by atoms with Crippen LogP contribution in [0.3, 0.4) is 0 Å². The SMILES string of the molecule is CN(C)C(=O)[C@H]1CC[C@H](NC(=O)C(=O)Nc2ccc(Cl)cn2)[C@H](NC(=O)c2nc3c(s2)CNCC3)C1.Cl. The normalized spacial score (nSPS) is 20.6. The quantitative estimate of drug-likeness (QED) is 0.398. The van der Waals surface area contributed by atoms with E-state index in [0.717, 1.165) is 23.5 Å². The van der Waals surface area contributed by atoms with Crippen LogP contribution in [0.1, 0.15) is 39.6 Å². The van der Waals surface area contributed by atoms with Gasteiger partial charge in [-0.1, -0.05) is 11.6 Å². The molecule has 0 bridgehead atoms. The van der Waals surface area contributed by atoms with Crippen molar-refractivity contribution in [3.05, 3.63) is 38.9 Å². The number of thiazole rings is 1. The Bertz CT molecular complexity index is 1130. The van der Waals surface area contributed by atoms with Gasteiger partial charge in [0, 0.05) is 56.6 Å². The third-order valence-corrected chi connectivity index (χ3v) is 7.57. The largest absolute Gasteiger partial charge is 0.349 e. The highest BCUT2D eigenvalue weighted by Gasteiger charge is 2.37. The highest BCUT2D eigenvalue weighted by molar-refractivity contribution is 7.13. The second-order valence-corrected chi connectivity index (χ2v) is 10.6. The molecule has 0 radical (unpaired) electrons. The fraction of sp³-hybridized carbons (Fsp3) is 0.478. The smallest absolute Gasteiger partial charge is 0.314 e. The monoisotopic (exact) mass is 569 g/mol. The molecule has 14 heteroatoms. The molecule has 1 saturated carbocycles. The van der Waals surface area contributed by atoms with Crippen molar-refractivity contribution < 1.29 is 19.2 Å². The van der Waals surface area contributed by atoms with Gasteiger partial charge in [0.2, 0.25) is 5.91 Å². The molecule has 2 aromatic heterocycles. The standard InChI is InChI=1S/C23H28ClN7O4S.ClH/c1-31(2)23(35)12-3-5-14(27-19(32)20(33)30-18-6-4-13(24)10-26-18)16(9-12)28-21(34)22-29-15-7-8-25-11-17(15)36-22;/h4,6,10,12,14,16,25H,3,5,7-9,11H2,1-2H3,(H,27,32)(H,28,34)(H,26,30,33);1H/t12-,14-,16+;/m0./s1. The predicted octanol–water partition coefficient (Wildman–Crippen LogP) is 1.37. The van der Waals surface area contributed by atoms with E-state index in [1.165, 1.54) is 28.5 Å². The summed E-state index contributed by atoms with van der Waals surface area (Å²) < 4.78 is 0. The summed E-state index contributed by atoms with van der Waals surface area (Å²) in [6.07, 6.45) is 3.40. The average molecular weight is 571 g/mol. The topological polar surface area (TPSA) is 145 Å². The van der Waals surface area contributed by atoms with Crippen molar-refractivity contribution in [2.75, 3.05) is 26.0 Å². The summed E-state index contributed by atoms with van der Waals surface area (Å²) in [5.41, 5.74) is 0.922. The van der Waals surface area contributed by atoms with Crippen LogP contribution >= 0.6 is 35.3 Å². The van der Waals surface area contributed by atoms with Gasteiger partial charge in [-0.2, -0.15) is 0 Å². The molecule has 2 aliphatic rings. The van der Waals surface area contributed by atoms with Gasteiger partial charge < -0.3 is 26.2 Å². The maximum Gasteiger partial charge on any atom is 0.314 e. The Morgan fingerprint density at radius 3 is 2.57 bits per heavy atom. The fourth-order valence-corrected chi connectivity index (χ4v) is 5.49. The van der Waals surface area contributed by atoms with Gasteiger partial charge in [0.1, 0.15) is 5.82 Å². The third-order valence-electron chi connectivity index (χ3n) is 6.25. The van der Waals surface area contributed by atoms with E-state index in [4.69, 9.17) is 11.6 Å². The number of halogens is 2. The first-order valence-corrected chi connectivity index (χ1v) is 12.9. The van der Waals surface area contributed by atoms with E-state index in [1.54, 1.807) is 20.2 Å². The van der Waals surface area contributed by atoms with Crippen molar-refractivity contribution in [3.63, 3.8) is 0 Å². The summed E-state index contributed by atoms with van der Waals surface area (Å²) in [5, 5.41) is 12.1. The van der Waals surface area contributed by atoms with Crippen molar-refractivity contribution in [1.29, 1.82) is 0 Å². The number of aromatic nitrogens is 2. The molecule has 1 aliphatic carbocycles. The van der Waals surface area contributed by atoms with E-state index in [9.17, 15) is 19.2 Å². The first-order chi connectivity index (χ1) is 17.2. The van der Waals surface area contributed by atoms with Crippen molar-refractivity contribution in [3.8, 4) is 0 Å². The number of pyridine rings is 1. The second kappa shape index (κ2) is 12.6. The minimum Gasteiger partial charge on any atom is -0.349 e. The van der Waals surface area contributed by atoms with Crippen LogP contribution in [0.5, 0.6) is 0 Å². The molecule has 4 amide bonds. The minimum atomic E-state index is -0.888. The molecule has 1 aliphatic heterocycles. The molecule has 37 heavy (non-hydrogen) atoms. The van der Waals surface area contributed by atoms with Gasteiger partial charge >= 0.3 is 11.8 Å². The average Bonchev–Trinajstić information content (AvgIpc) is 3.30. The fourth-order valence-electron chi connectivity index (χ4n) is 4.40. The Morgan fingerprint density at radius 2 is 1.89 bits per heavy atom. The van der Waals surface area contributed by atoms with Gasteiger partial charge in [-0.05, 0) is 31.4 Å². The van der Waals surface area contributed by atoms with Crippen LogP contribution in [0, 0.1) is 5.92 Å². The van der Waals surface area contributed by atoms with Gasteiger partial charge in [-0.3, -0.25) is 19.2 Å². The molecule has 3 heterocycles. The van der Waals surface area contributed by atoms with Gasteiger partial charge in [0.05, 0.1) is 16.8 Å². The lowest BCUT2D eigenvalue weighted by atomic mass is 9.81. The molecule has 200 valence electrons. The Morgan fingerprint density at radius 1 is 1.11 bits per heavy atom. The van der Waals surface area contributed by atoms with Crippen LogP contribution < -0.4 is 21.3 Å². The summed E-state index contributed by atoms with van der Waals surface area (Å²) >= 11 is 7.14. The lowest BCUT2D eigenvalue weighted by Crippen LogP contribution is -2.57. The number of hydrogen-bond acceptors (Lipinski definition) is 8. The Labute approximate surface area is 229 Å². The zero-order chi connectivity index (χ0) is 25.8. The first kappa shape index (κ1) is 28.8. The van der Waals surface area contributed by atoms with Crippen LogP contribution in [0.2, 0.25) is 5.02 Å². The van der Waals surface area contributed by atoms with Crippen LogP contribution in [-0.2, 0) is 27.3 Å². The lowest BCUT2D eigenvalue weighted by Gasteiger charge is -2.37. The molecule has 1 fully saturated rings. The molecule has 11 nitrogen and oxygen atoms in total. The maximum absolute atomic E-state index is 13.1. The molecule has 2 aromatic rings. The number of anilines is 1. The van der Waals surface area contributed by atoms with Crippen LogP contribution in [0.25, 0.3) is 0 Å². The molecule has 0 aromatic carbocycles. The first-order valence-electron chi connectivity index (χ1n) is 11.7. The molecule has 0 saturated heterocycles. The number of carbonyl (C=O) groups excluding carboxylic acids is 4. The van der Waals surface area contributed by atoms with E-state index in [-0.39, 0.29) is 36.0 Å². The Kier molecular flexibility index (Phi) is 9.82. The van der Waals surface area contributed by atoms with Crippen LogP contribution in [0.4, 0.5) is 5.82 Å². The van der Waals surface area contributed by atoms with Gasteiger partial charge in [-0.25, -0.2) is 9.97 Å². The van der Waals surface area contributed by atoms with Crippen LogP contribution in [0.15, 0.2) is 18.3 Å². The number of amides is 4. The highest BCUT2D eigenvalue weighted by atomic mass is 35.5. The zero-order valence-electron chi connectivity index (χ0n) is 20.4. The Balaban J connectivity index is 0.00000380. The van der Waals surface area contributed by atoms with Crippen LogP contribution in [-0.4, -0.2) is 71.2 Å². The van der Waals surface area contributed by atoms with Crippen molar-refractivity contribution >= 4 is 64.8 Å². The van der Waals surface area contributed by atoms with E-state index >= 15 is 0 Å². The second-order valence-electron chi connectivity index (χ2n) is 9.03. The number of rotatable bonds is 5. The highest BCUT2D eigenvalue weighted by Crippen LogP contribution is 2.28. The number of hydrogen-bond donors (Lipinski definition) is 4. The number of nitrogens with one attached hydrogen (secondary N) is 4. The summed E-state index contributed by atoms with van der Waals surface area (Å²) in [6.45, 7) is 1.50. The van der Waals surface area contributed by atoms with Gasteiger partial charge in [0.25, 0.3) is 5.91 Å². The van der Waals surface area contributed by atoms with Gasteiger partial charge in [-0.15, -0.1) is 23.7 Å². The molecule has 0 spiro atoms. The summed E-state index contributed by atoms with van der Waals surface area (Å²) in [4.78, 5) is 61.8. The van der Waals surface area contributed by atoms with Crippen molar-refractivity contribution in [2.45, 2.75) is 44.3 Å². The summed E-state index contributed by atoms with van der Waals surface area (Å²) in [7, 11) is 3.38.